The van der Waals surface area contributed by atoms with Crippen molar-refractivity contribution in [3.8, 4) is 38.1 Å². The van der Waals surface area contributed by atoms with Crippen molar-refractivity contribution in [2.75, 3.05) is 0 Å². The van der Waals surface area contributed by atoms with Gasteiger partial charge in [-0.05, 0) is 31.5 Å². The highest BCUT2D eigenvalue weighted by atomic mass is 32.1. The minimum atomic E-state index is 0.660. The standard InChI is InChI=1S/C29H24N6S/c1-20-13-15-22(16-14-20)17-34-19-26(31-33-34)25-18-35(24-11-7-4-8-12-24)32-27(25)28-21(2)30-29(36-28)23-9-5-3-6-10-23/h3-16,18-19H,17H2,1-2H3. The fourth-order valence-electron chi connectivity index (χ4n) is 4.14. The molecule has 0 fully saturated rings. The van der Waals surface area contributed by atoms with E-state index < -0.39 is 0 Å². The molecule has 6 nitrogen and oxygen atoms in total. The molecule has 0 amide bonds. The van der Waals surface area contributed by atoms with Gasteiger partial charge in [-0.25, -0.2) is 14.3 Å². The number of hydrogen-bond donors (Lipinski definition) is 0. The van der Waals surface area contributed by atoms with E-state index in [1.807, 2.05) is 77.2 Å². The zero-order chi connectivity index (χ0) is 24.5. The molecular formula is C29H24N6S. The van der Waals surface area contributed by atoms with Crippen LogP contribution in [-0.4, -0.2) is 29.8 Å². The maximum atomic E-state index is 5.01. The first-order chi connectivity index (χ1) is 17.6. The molecule has 6 aromatic rings. The smallest absolute Gasteiger partial charge is 0.124 e. The number of nitrogens with zero attached hydrogens (tertiary/aromatic N) is 6. The summed E-state index contributed by atoms with van der Waals surface area (Å²) in [6.07, 6.45) is 4.02. The third kappa shape index (κ3) is 4.36. The molecule has 0 bridgehead atoms. The van der Waals surface area contributed by atoms with E-state index >= 15 is 0 Å². The van der Waals surface area contributed by atoms with Gasteiger partial charge in [-0.15, -0.1) is 16.4 Å². The molecule has 0 saturated carbocycles. The Labute approximate surface area is 213 Å². The van der Waals surface area contributed by atoms with Gasteiger partial charge < -0.3 is 0 Å². The van der Waals surface area contributed by atoms with Gasteiger partial charge in [0.2, 0.25) is 0 Å². The summed E-state index contributed by atoms with van der Waals surface area (Å²) in [6.45, 7) is 4.79. The number of benzene rings is 3. The van der Waals surface area contributed by atoms with E-state index in [9.17, 15) is 0 Å². The van der Waals surface area contributed by atoms with Crippen molar-refractivity contribution in [3.05, 3.63) is 114 Å². The first kappa shape index (κ1) is 22.1. The second-order valence-corrected chi connectivity index (χ2v) is 9.76. The van der Waals surface area contributed by atoms with Crippen LogP contribution in [0.4, 0.5) is 0 Å². The van der Waals surface area contributed by atoms with Crippen molar-refractivity contribution in [3.63, 3.8) is 0 Å². The highest BCUT2D eigenvalue weighted by Gasteiger charge is 2.21. The minimum Gasteiger partial charge on any atom is -0.247 e. The van der Waals surface area contributed by atoms with Crippen LogP contribution in [0, 0.1) is 13.8 Å². The van der Waals surface area contributed by atoms with E-state index in [4.69, 9.17) is 10.1 Å². The summed E-state index contributed by atoms with van der Waals surface area (Å²) in [6, 6.07) is 28.9. The maximum absolute atomic E-state index is 5.01. The molecule has 0 N–H and O–H groups in total. The highest BCUT2D eigenvalue weighted by Crippen LogP contribution is 2.39. The van der Waals surface area contributed by atoms with E-state index in [0.29, 0.717) is 6.54 Å². The molecule has 0 spiro atoms. The Balaban J connectivity index is 1.42. The van der Waals surface area contributed by atoms with Crippen molar-refractivity contribution in [1.29, 1.82) is 0 Å². The monoisotopic (exact) mass is 488 g/mol. The molecule has 0 saturated heterocycles. The second-order valence-electron chi connectivity index (χ2n) is 8.76. The molecule has 0 radical (unpaired) electrons. The lowest BCUT2D eigenvalue weighted by Gasteiger charge is -2.01. The molecule has 0 aliphatic rings. The van der Waals surface area contributed by atoms with Gasteiger partial charge in [0.25, 0.3) is 0 Å². The third-order valence-corrected chi connectivity index (χ3v) is 7.26. The van der Waals surface area contributed by atoms with E-state index in [1.165, 1.54) is 11.1 Å². The summed E-state index contributed by atoms with van der Waals surface area (Å²) in [5.74, 6) is 0. The lowest BCUT2D eigenvalue weighted by molar-refractivity contribution is 0.649. The van der Waals surface area contributed by atoms with Crippen molar-refractivity contribution >= 4 is 11.3 Å². The Hall–Kier alpha value is -4.36. The quantitative estimate of drug-likeness (QED) is 0.265. The molecule has 36 heavy (non-hydrogen) atoms. The first-order valence-electron chi connectivity index (χ1n) is 11.8. The van der Waals surface area contributed by atoms with E-state index in [2.05, 4.69) is 53.6 Å². The van der Waals surface area contributed by atoms with E-state index in [1.54, 1.807) is 11.3 Å². The number of hydrogen-bond acceptors (Lipinski definition) is 5. The van der Waals surface area contributed by atoms with Crippen LogP contribution in [0.3, 0.4) is 0 Å². The van der Waals surface area contributed by atoms with Gasteiger partial charge in [-0.2, -0.15) is 5.10 Å². The van der Waals surface area contributed by atoms with Crippen LogP contribution in [0.2, 0.25) is 0 Å². The SMILES string of the molecule is Cc1ccc(Cn2cc(-c3cn(-c4ccccc4)nc3-c3sc(-c4ccccc4)nc3C)nn2)cc1. The molecule has 176 valence electrons. The Morgan fingerprint density at radius 1 is 0.806 bits per heavy atom. The highest BCUT2D eigenvalue weighted by molar-refractivity contribution is 7.18. The summed E-state index contributed by atoms with van der Waals surface area (Å²) in [5.41, 5.74) is 8.04. The number of aryl methyl sites for hydroxylation is 2. The summed E-state index contributed by atoms with van der Waals surface area (Å²) in [4.78, 5) is 5.90. The molecule has 0 unspecified atom stereocenters. The Morgan fingerprint density at radius 2 is 1.53 bits per heavy atom. The number of aromatic nitrogens is 6. The van der Waals surface area contributed by atoms with E-state index in [0.717, 1.165) is 43.8 Å². The van der Waals surface area contributed by atoms with Gasteiger partial charge >= 0.3 is 0 Å². The summed E-state index contributed by atoms with van der Waals surface area (Å²) < 4.78 is 3.78. The minimum absolute atomic E-state index is 0.660. The topological polar surface area (TPSA) is 61.4 Å². The van der Waals surface area contributed by atoms with Gasteiger partial charge in [0.05, 0.1) is 34.6 Å². The fourth-order valence-corrected chi connectivity index (χ4v) is 5.21. The number of thiazole rings is 1. The van der Waals surface area contributed by atoms with Crippen LogP contribution in [-0.2, 0) is 6.54 Å². The summed E-state index contributed by atoms with van der Waals surface area (Å²) in [7, 11) is 0. The van der Waals surface area contributed by atoms with Gasteiger partial charge in [-0.1, -0.05) is 83.6 Å². The Bertz CT molecular complexity index is 1610. The zero-order valence-electron chi connectivity index (χ0n) is 20.0. The summed E-state index contributed by atoms with van der Waals surface area (Å²) in [5, 5.41) is 14.9. The van der Waals surface area contributed by atoms with Crippen molar-refractivity contribution in [2.24, 2.45) is 0 Å². The maximum Gasteiger partial charge on any atom is 0.124 e. The van der Waals surface area contributed by atoms with Crippen molar-refractivity contribution < 1.29 is 0 Å². The van der Waals surface area contributed by atoms with Crippen LogP contribution in [0.5, 0.6) is 0 Å². The average Bonchev–Trinajstić information content (AvgIpc) is 3.65. The molecule has 0 aliphatic heterocycles. The number of para-hydroxylation sites is 1. The molecule has 3 heterocycles. The zero-order valence-corrected chi connectivity index (χ0v) is 20.9. The molecular weight excluding hydrogens is 464 g/mol. The first-order valence-corrected chi connectivity index (χ1v) is 12.6. The van der Waals surface area contributed by atoms with Crippen LogP contribution in [0.1, 0.15) is 16.8 Å². The molecule has 7 heteroatoms. The number of rotatable bonds is 6. The van der Waals surface area contributed by atoms with Gasteiger partial charge in [-0.3, -0.25) is 0 Å². The lowest BCUT2D eigenvalue weighted by atomic mass is 10.1. The Morgan fingerprint density at radius 3 is 2.28 bits per heavy atom. The molecule has 6 rings (SSSR count). The fraction of sp³-hybridized carbons (Fsp3) is 0.103. The van der Waals surface area contributed by atoms with E-state index in [-0.39, 0.29) is 0 Å². The van der Waals surface area contributed by atoms with Gasteiger partial charge in [0.15, 0.2) is 0 Å². The second kappa shape index (κ2) is 9.36. The lowest BCUT2D eigenvalue weighted by Crippen LogP contribution is -2.00. The predicted molar refractivity (Wildman–Crippen MR) is 144 cm³/mol. The van der Waals surface area contributed by atoms with Gasteiger partial charge in [0, 0.05) is 11.8 Å². The predicted octanol–water partition coefficient (Wildman–Crippen LogP) is 6.59. The third-order valence-electron chi connectivity index (χ3n) is 6.05. The average molecular weight is 489 g/mol. The molecule has 3 aromatic carbocycles. The summed E-state index contributed by atoms with van der Waals surface area (Å²) >= 11 is 1.65. The van der Waals surface area contributed by atoms with Crippen LogP contribution < -0.4 is 0 Å². The normalized spacial score (nSPS) is 11.2. The Kier molecular flexibility index (Phi) is 5.75. The van der Waals surface area contributed by atoms with Crippen LogP contribution in [0.15, 0.2) is 97.3 Å². The van der Waals surface area contributed by atoms with Crippen LogP contribution >= 0.6 is 11.3 Å². The molecule has 3 aromatic heterocycles. The van der Waals surface area contributed by atoms with Crippen molar-refractivity contribution in [2.45, 2.75) is 20.4 Å². The molecule has 0 aliphatic carbocycles. The van der Waals surface area contributed by atoms with Crippen molar-refractivity contribution in [1.82, 2.24) is 29.8 Å². The largest absolute Gasteiger partial charge is 0.247 e. The van der Waals surface area contributed by atoms with Crippen LogP contribution in [0.25, 0.3) is 38.1 Å². The molecule has 0 atom stereocenters. The van der Waals surface area contributed by atoms with Gasteiger partial charge in [0.1, 0.15) is 16.4 Å².